The lowest BCUT2D eigenvalue weighted by atomic mass is 9.98. The molecule has 1 aliphatic carbocycles. The number of benzene rings is 1. The summed E-state index contributed by atoms with van der Waals surface area (Å²) in [6.45, 7) is 4.80. The highest BCUT2D eigenvalue weighted by atomic mass is 32.1. The molecule has 0 fully saturated rings. The van der Waals surface area contributed by atoms with Crippen LogP contribution in [0.4, 0.5) is 5.82 Å². The zero-order valence-electron chi connectivity index (χ0n) is 19.7. The van der Waals surface area contributed by atoms with Crippen LogP contribution in [0.2, 0.25) is 0 Å². The van der Waals surface area contributed by atoms with E-state index in [0.29, 0.717) is 11.5 Å². The second-order valence-electron chi connectivity index (χ2n) is 8.71. The van der Waals surface area contributed by atoms with Gasteiger partial charge >= 0.3 is 5.97 Å². The predicted molar refractivity (Wildman–Crippen MR) is 133 cm³/mol. The maximum atomic E-state index is 11.7. The van der Waals surface area contributed by atoms with Crippen molar-refractivity contribution in [2.45, 2.75) is 45.4 Å². The van der Waals surface area contributed by atoms with E-state index in [9.17, 15) is 9.59 Å². The molecule has 0 saturated carbocycles. The number of carbonyl (C=O) groups is 2. The number of aromatic nitrogens is 2. The fourth-order valence-electron chi connectivity index (χ4n) is 4.39. The zero-order chi connectivity index (χ0) is 24.2. The van der Waals surface area contributed by atoms with Gasteiger partial charge in [0.05, 0.1) is 23.6 Å². The van der Waals surface area contributed by atoms with E-state index in [1.807, 2.05) is 38.2 Å². The number of rotatable bonds is 10. The molecule has 2 aromatic heterocycles. The average molecular weight is 480 g/mol. The number of carboxylic acid groups (broad SMARTS) is 1. The molecule has 1 atom stereocenters. The number of pyridine rings is 1. The molecule has 4 rings (SSSR count). The quantitative estimate of drug-likeness (QED) is 0.318. The van der Waals surface area contributed by atoms with Crippen molar-refractivity contribution in [3.63, 3.8) is 0 Å². The Morgan fingerprint density at radius 3 is 2.76 bits per heavy atom. The monoisotopic (exact) mass is 479 g/mol. The van der Waals surface area contributed by atoms with Gasteiger partial charge in [0.2, 0.25) is 0 Å². The number of anilines is 1. The largest absolute Gasteiger partial charge is 0.494 e. The van der Waals surface area contributed by atoms with Crippen molar-refractivity contribution in [1.29, 1.82) is 0 Å². The molecule has 178 valence electrons. The van der Waals surface area contributed by atoms with Crippen LogP contribution in [0.5, 0.6) is 5.75 Å². The van der Waals surface area contributed by atoms with Crippen LogP contribution in [0.3, 0.4) is 0 Å². The number of aryl methyl sites for hydroxylation is 2. The minimum atomic E-state index is -0.744. The number of thiazole rings is 1. The SMILES string of the molecule is CC(=O)c1sc(-c2ccc(N(C)CCCOc3ccc4c(c3)CC[C@H]4CC(=O)O)nc2)nc1C. The van der Waals surface area contributed by atoms with E-state index in [1.165, 1.54) is 16.9 Å². The fraction of sp³-hybridized carbons (Fsp3) is 0.385. The van der Waals surface area contributed by atoms with Gasteiger partial charge in [-0.3, -0.25) is 9.59 Å². The van der Waals surface area contributed by atoms with Crippen molar-refractivity contribution in [2.24, 2.45) is 0 Å². The number of ketones is 1. The standard InChI is InChI=1S/C26H29N3O4S/c1-16-25(17(2)30)34-26(28-16)20-7-10-23(27-15-20)29(3)11-4-12-33-21-8-9-22-18(13-21)5-6-19(22)14-24(31)32/h7-10,13,15,19H,4-6,11-12,14H2,1-3H3,(H,31,32)/t19-/m0/s1. The molecular formula is C26H29N3O4S. The Hall–Kier alpha value is -3.26. The highest BCUT2D eigenvalue weighted by Crippen LogP contribution is 2.37. The Balaban J connectivity index is 1.27. The van der Waals surface area contributed by atoms with Crippen molar-refractivity contribution < 1.29 is 19.4 Å². The Kier molecular flexibility index (Phi) is 7.26. The molecule has 0 saturated heterocycles. The summed E-state index contributed by atoms with van der Waals surface area (Å²) in [7, 11) is 2.00. The molecule has 0 unspecified atom stereocenters. The summed E-state index contributed by atoms with van der Waals surface area (Å²) in [5, 5.41) is 9.88. The normalized spacial score (nSPS) is 14.6. The van der Waals surface area contributed by atoms with Crippen LogP contribution in [0.1, 0.15) is 58.6 Å². The van der Waals surface area contributed by atoms with Gasteiger partial charge in [0.15, 0.2) is 5.78 Å². The fourth-order valence-corrected chi connectivity index (χ4v) is 5.34. The summed E-state index contributed by atoms with van der Waals surface area (Å²) < 4.78 is 5.95. The Labute approximate surface area is 203 Å². The van der Waals surface area contributed by atoms with Gasteiger partial charge in [-0.05, 0) is 67.5 Å². The Morgan fingerprint density at radius 1 is 1.26 bits per heavy atom. The van der Waals surface area contributed by atoms with Crippen LogP contribution < -0.4 is 9.64 Å². The van der Waals surface area contributed by atoms with Crippen molar-refractivity contribution in [3.05, 3.63) is 58.2 Å². The number of hydrogen-bond donors (Lipinski definition) is 1. The minimum absolute atomic E-state index is 0.0371. The number of hydrogen-bond acceptors (Lipinski definition) is 7. The van der Waals surface area contributed by atoms with Gasteiger partial charge in [0.25, 0.3) is 0 Å². The number of carboxylic acids is 1. The molecule has 0 bridgehead atoms. The maximum Gasteiger partial charge on any atom is 0.303 e. The van der Waals surface area contributed by atoms with E-state index in [0.717, 1.165) is 59.2 Å². The molecule has 1 aromatic carbocycles. The number of ether oxygens (including phenoxy) is 1. The molecule has 7 nitrogen and oxygen atoms in total. The number of carbonyl (C=O) groups excluding carboxylic acids is 1. The van der Waals surface area contributed by atoms with Crippen molar-refractivity contribution in [1.82, 2.24) is 9.97 Å². The van der Waals surface area contributed by atoms with E-state index >= 15 is 0 Å². The molecule has 0 radical (unpaired) electrons. The second kappa shape index (κ2) is 10.3. The topological polar surface area (TPSA) is 92.6 Å². The van der Waals surface area contributed by atoms with Crippen LogP contribution in [-0.2, 0) is 11.2 Å². The van der Waals surface area contributed by atoms with E-state index in [4.69, 9.17) is 9.84 Å². The lowest BCUT2D eigenvalue weighted by Crippen LogP contribution is -2.21. The molecule has 0 spiro atoms. The molecule has 1 N–H and O–H groups in total. The third-order valence-electron chi connectivity index (χ3n) is 6.15. The molecular weight excluding hydrogens is 450 g/mol. The molecule has 3 aromatic rings. The van der Waals surface area contributed by atoms with Gasteiger partial charge in [0.1, 0.15) is 16.6 Å². The Bertz CT molecular complexity index is 1190. The van der Waals surface area contributed by atoms with E-state index in [1.54, 1.807) is 13.1 Å². The molecule has 0 aliphatic heterocycles. The molecule has 34 heavy (non-hydrogen) atoms. The molecule has 2 heterocycles. The third-order valence-corrected chi connectivity index (χ3v) is 7.45. The van der Waals surface area contributed by atoms with Crippen molar-refractivity contribution in [3.8, 4) is 16.3 Å². The maximum absolute atomic E-state index is 11.7. The van der Waals surface area contributed by atoms with Gasteiger partial charge in [0, 0.05) is 32.3 Å². The van der Waals surface area contributed by atoms with Crippen LogP contribution in [-0.4, -0.2) is 47.0 Å². The van der Waals surface area contributed by atoms with Crippen LogP contribution in [0, 0.1) is 6.92 Å². The zero-order valence-corrected chi connectivity index (χ0v) is 20.5. The molecule has 8 heteroatoms. The summed E-state index contributed by atoms with van der Waals surface area (Å²) in [6, 6.07) is 9.97. The van der Waals surface area contributed by atoms with Crippen LogP contribution >= 0.6 is 11.3 Å². The van der Waals surface area contributed by atoms with E-state index in [2.05, 4.69) is 20.9 Å². The van der Waals surface area contributed by atoms with Gasteiger partial charge in [-0.1, -0.05) is 6.07 Å². The van der Waals surface area contributed by atoms with Crippen molar-refractivity contribution >= 4 is 28.9 Å². The van der Waals surface area contributed by atoms with Gasteiger partial charge in [-0.25, -0.2) is 9.97 Å². The second-order valence-corrected chi connectivity index (χ2v) is 9.71. The number of fused-ring (bicyclic) bond motifs is 1. The first-order valence-corrected chi connectivity index (χ1v) is 12.3. The third kappa shape index (κ3) is 5.44. The molecule has 0 amide bonds. The average Bonchev–Trinajstić information content (AvgIpc) is 3.39. The highest BCUT2D eigenvalue weighted by Gasteiger charge is 2.24. The number of aliphatic carboxylic acids is 1. The number of nitrogens with zero attached hydrogens (tertiary/aromatic N) is 3. The van der Waals surface area contributed by atoms with E-state index in [-0.39, 0.29) is 18.1 Å². The summed E-state index contributed by atoms with van der Waals surface area (Å²) in [5.41, 5.74) is 4.02. The van der Waals surface area contributed by atoms with Gasteiger partial charge < -0.3 is 14.7 Å². The summed E-state index contributed by atoms with van der Waals surface area (Å²) >= 11 is 1.40. The summed E-state index contributed by atoms with van der Waals surface area (Å²) in [4.78, 5) is 34.6. The van der Waals surface area contributed by atoms with Crippen LogP contribution in [0.25, 0.3) is 10.6 Å². The minimum Gasteiger partial charge on any atom is -0.494 e. The highest BCUT2D eigenvalue weighted by molar-refractivity contribution is 7.17. The van der Waals surface area contributed by atoms with Gasteiger partial charge in [-0.15, -0.1) is 11.3 Å². The first-order chi connectivity index (χ1) is 16.3. The van der Waals surface area contributed by atoms with Crippen molar-refractivity contribution in [2.75, 3.05) is 25.1 Å². The first-order valence-electron chi connectivity index (χ1n) is 11.4. The first kappa shape index (κ1) is 23.9. The predicted octanol–water partition coefficient (Wildman–Crippen LogP) is 5.13. The smallest absolute Gasteiger partial charge is 0.303 e. The Morgan fingerprint density at radius 2 is 2.09 bits per heavy atom. The summed E-state index contributed by atoms with van der Waals surface area (Å²) in [6.07, 6.45) is 4.63. The summed E-state index contributed by atoms with van der Waals surface area (Å²) in [5.74, 6) is 1.11. The van der Waals surface area contributed by atoms with Crippen LogP contribution in [0.15, 0.2) is 36.5 Å². The number of Topliss-reactive ketones (excluding diaryl/α,β-unsaturated/α-hetero) is 1. The molecule has 1 aliphatic rings. The lowest BCUT2D eigenvalue weighted by molar-refractivity contribution is -0.137. The van der Waals surface area contributed by atoms with E-state index < -0.39 is 5.97 Å². The van der Waals surface area contributed by atoms with Gasteiger partial charge in [-0.2, -0.15) is 0 Å². The lowest BCUT2D eigenvalue weighted by Gasteiger charge is -2.18.